The van der Waals surface area contributed by atoms with Crippen LogP contribution in [0.3, 0.4) is 0 Å². The fraction of sp³-hybridized carbons (Fsp3) is 0.562. The van der Waals surface area contributed by atoms with Crippen molar-refractivity contribution in [2.24, 2.45) is 0 Å². The number of nitrogens with zero attached hydrogens (tertiary/aromatic N) is 2. The minimum atomic E-state index is -0.0532. The molecule has 0 saturated carbocycles. The zero-order valence-corrected chi connectivity index (χ0v) is 11.6. The molecule has 3 heteroatoms. The van der Waals surface area contributed by atoms with Gasteiger partial charge in [-0.2, -0.15) is 5.26 Å². The summed E-state index contributed by atoms with van der Waals surface area (Å²) in [5.74, 6) is -0.0532. The van der Waals surface area contributed by atoms with Gasteiger partial charge < -0.3 is 4.74 Å². The van der Waals surface area contributed by atoms with E-state index in [0.717, 1.165) is 38.2 Å². The number of rotatable bonds is 6. The Morgan fingerprint density at radius 1 is 1.42 bits per heavy atom. The molecule has 1 aromatic carbocycles. The molecule has 0 bridgehead atoms. The van der Waals surface area contributed by atoms with Crippen LogP contribution in [0, 0.1) is 11.3 Å². The number of ether oxygens (including phenoxy) is 1. The molecule has 0 aliphatic carbocycles. The van der Waals surface area contributed by atoms with E-state index >= 15 is 0 Å². The molecule has 0 radical (unpaired) electrons. The highest BCUT2D eigenvalue weighted by atomic mass is 16.5. The van der Waals surface area contributed by atoms with Crippen LogP contribution in [0.15, 0.2) is 30.3 Å². The SMILES string of the molecule is CCN(CC1CCCO1)CC(C#N)c1ccccc1. The quantitative estimate of drug-likeness (QED) is 0.787. The van der Waals surface area contributed by atoms with Gasteiger partial charge in [0, 0.05) is 19.7 Å². The third kappa shape index (κ3) is 4.05. The molecule has 1 fully saturated rings. The van der Waals surface area contributed by atoms with Gasteiger partial charge in [0.15, 0.2) is 0 Å². The van der Waals surface area contributed by atoms with Crippen LogP contribution in [0.5, 0.6) is 0 Å². The maximum Gasteiger partial charge on any atom is 0.0839 e. The molecule has 102 valence electrons. The van der Waals surface area contributed by atoms with Gasteiger partial charge in [0.05, 0.1) is 18.1 Å². The van der Waals surface area contributed by atoms with Crippen LogP contribution >= 0.6 is 0 Å². The highest BCUT2D eigenvalue weighted by Gasteiger charge is 2.21. The number of hydrogen-bond donors (Lipinski definition) is 0. The van der Waals surface area contributed by atoms with Crippen molar-refractivity contribution in [3.8, 4) is 6.07 Å². The topological polar surface area (TPSA) is 36.3 Å². The van der Waals surface area contributed by atoms with E-state index in [4.69, 9.17) is 4.74 Å². The molecule has 1 aliphatic rings. The summed E-state index contributed by atoms with van der Waals surface area (Å²) in [5, 5.41) is 9.38. The number of likely N-dealkylation sites (N-methyl/N-ethyl adjacent to an activating group) is 1. The summed E-state index contributed by atoms with van der Waals surface area (Å²) in [6, 6.07) is 12.5. The average Bonchev–Trinajstić information content (AvgIpc) is 2.97. The second-order valence-corrected chi connectivity index (χ2v) is 5.08. The molecule has 2 atom stereocenters. The zero-order chi connectivity index (χ0) is 13.5. The molecule has 0 spiro atoms. The number of benzene rings is 1. The van der Waals surface area contributed by atoms with Crippen LogP contribution in [0.1, 0.15) is 31.2 Å². The first-order chi connectivity index (χ1) is 9.33. The number of nitriles is 1. The summed E-state index contributed by atoms with van der Waals surface area (Å²) in [5.41, 5.74) is 1.11. The smallest absolute Gasteiger partial charge is 0.0839 e. The Hall–Kier alpha value is -1.37. The molecule has 0 aromatic heterocycles. The van der Waals surface area contributed by atoms with E-state index < -0.39 is 0 Å². The van der Waals surface area contributed by atoms with Gasteiger partial charge in [0.25, 0.3) is 0 Å². The predicted molar refractivity (Wildman–Crippen MR) is 75.9 cm³/mol. The Labute approximate surface area is 115 Å². The molecule has 1 heterocycles. The second kappa shape index (κ2) is 7.28. The summed E-state index contributed by atoms with van der Waals surface area (Å²) in [4.78, 5) is 2.33. The van der Waals surface area contributed by atoms with Crippen molar-refractivity contribution in [1.82, 2.24) is 4.90 Å². The van der Waals surface area contributed by atoms with Crippen LogP contribution in [-0.2, 0) is 4.74 Å². The highest BCUT2D eigenvalue weighted by molar-refractivity contribution is 5.25. The summed E-state index contributed by atoms with van der Waals surface area (Å²) < 4.78 is 5.68. The van der Waals surface area contributed by atoms with Crippen molar-refractivity contribution in [3.63, 3.8) is 0 Å². The minimum absolute atomic E-state index is 0.0532. The first kappa shape index (κ1) is 14.0. The van der Waals surface area contributed by atoms with Crippen molar-refractivity contribution < 1.29 is 4.74 Å². The van der Waals surface area contributed by atoms with Crippen LogP contribution in [0.2, 0.25) is 0 Å². The van der Waals surface area contributed by atoms with E-state index in [9.17, 15) is 5.26 Å². The Balaban J connectivity index is 1.94. The number of hydrogen-bond acceptors (Lipinski definition) is 3. The van der Waals surface area contributed by atoms with E-state index in [1.807, 2.05) is 30.3 Å². The van der Waals surface area contributed by atoms with E-state index in [2.05, 4.69) is 17.9 Å². The van der Waals surface area contributed by atoms with Crippen molar-refractivity contribution in [2.75, 3.05) is 26.2 Å². The molecule has 1 aromatic rings. The lowest BCUT2D eigenvalue weighted by molar-refractivity contribution is 0.0742. The highest BCUT2D eigenvalue weighted by Crippen LogP contribution is 2.18. The zero-order valence-electron chi connectivity index (χ0n) is 11.6. The molecule has 3 nitrogen and oxygen atoms in total. The lowest BCUT2D eigenvalue weighted by Gasteiger charge is -2.25. The first-order valence-electron chi connectivity index (χ1n) is 7.12. The molecule has 2 unspecified atom stereocenters. The van der Waals surface area contributed by atoms with Gasteiger partial charge in [-0.05, 0) is 24.9 Å². The van der Waals surface area contributed by atoms with Crippen LogP contribution in [-0.4, -0.2) is 37.2 Å². The average molecular weight is 258 g/mol. The van der Waals surface area contributed by atoms with Gasteiger partial charge in [0.1, 0.15) is 0 Å². The van der Waals surface area contributed by atoms with Gasteiger partial charge in [-0.1, -0.05) is 37.3 Å². The van der Waals surface area contributed by atoms with Gasteiger partial charge in [-0.15, -0.1) is 0 Å². The fourth-order valence-corrected chi connectivity index (χ4v) is 2.57. The van der Waals surface area contributed by atoms with Gasteiger partial charge >= 0.3 is 0 Å². The van der Waals surface area contributed by atoms with E-state index in [0.29, 0.717) is 6.10 Å². The van der Waals surface area contributed by atoms with Crippen molar-refractivity contribution in [3.05, 3.63) is 35.9 Å². The Kier molecular flexibility index (Phi) is 5.38. The summed E-state index contributed by atoms with van der Waals surface area (Å²) in [6.45, 7) is 5.74. The monoisotopic (exact) mass is 258 g/mol. The summed E-state index contributed by atoms with van der Waals surface area (Å²) in [6.07, 6.45) is 2.68. The predicted octanol–water partition coefficient (Wildman–Crippen LogP) is 2.79. The first-order valence-corrected chi connectivity index (χ1v) is 7.12. The summed E-state index contributed by atoms with van der Waals surface area (Å²) in [7, 11) is 0. The normalized spacial score (nSPS) is 20.4. The van der Waals surface area contributed by atoms with Gasteiger partial charge in [-0.3, -0.25) is 4.90 Å². The molecular weight excluding hydrogens is 236 g/mol. The second-order valence-electron chi connectivity index (χ2n) is 5.08. The molecular formula is C16H22N2O. The molecule has 2 rings (SSSR count). The Bertz CT molecular complexity index is 407. The fourth-order valence-electron chi connectivity index (χ4n) is 2.57. The van der Waals surface area contributed by atoms with Gasteiger partial charge in [-0.25, -0.2) is 0 Å². The molecule has 0 amide bonds. The Morgan fingerprint density at radius 2 is 2.21 bits per heavy atom. The molecule has 1 aliphatic heterocycles. The van der Waals surface area contributed by atoms with E-state index in [1.165, 1.54) is 6.42 Å². The third-order valence-corrected chi connectivity index (χ3v) is 3.73. The summed E-state index contributed by atoms with van der Waals surface area (Å²) >= 11 is 0. The largest absolute Gasteiger partial charge is 0.377 e. The lowest BCUT2D eigenvalue weighted by Crippen LogP contribution is -2.35. The standard InChI is InChI=1S/C16H22N2O/c1-2-18(13-16-9-6-10-19-16)12-15(11-17)14-7-4-3-5-8-14/h3-5,7-8,15-16H,2,6,9-10,12-13H2,1H3. The van der Waals surface area contributed by atoms with Crippen molar-refractivity contribution in [1.29, 1.82) is 5.26 Å². The maximum absolute atomic E-state index is 9.38. The maximum atomic E-state index is 9.38. The molecule has 0 N–H and O–H groups in total. The Morgan fingerprint density at radius 3 is 2.79 bits per heavy atom. The van der Waals surface area contributed by atoms with Crippen LogP contribution in [0.25, 0.3) is 0 Å². The van der Waals surface area contributed by atoms with Crippen LogP contribution < -0.4 is 0 Å². The van der Waals surface area contributed by atoms with Crippen molar-refractivity contribution >= 4 is 0 Å². The van der Waals surface area contributed by atoms with Crippen LogP contribution in [0.4, 0.5) is 0 Å². The van der Waals surface area contributed by atoms with E-state index in [1.54, 1.807) is 0 Å². The van der Waals surface area contributed by atoms with Crippen molar-refractivity contribution in [2.45, 2.75) is 31.8 Å². The third-order valence-electron chi connectivity index (χ3n) is 3.73. The molecule has 19 heavy (non-hydrogen) atoms. The molecule has 1 saturated heterocycles. The van der Waals surface area contributed by atoms with E-state index in [-0.39, 0.29) is 5.92 Å². The minimum Gasteiger partial charge on any atom is -0.377 e. The van der Waals surface area contributed by atoms with Gasteiger partial charge in [0.2, 0.25) is 0 Å². The lowest BCUT2D eigenvalue weighted by atomic mass is 10.00.